The third kappa shape index (κ3) is 3.95. The number of hydrogen-bond donors (Lipinski definition) is 0. The molecular formula is C19H21FN2O5S. The molecule has 1 fully saturated rings. The number of methoxy groups -OCH3 is 2. The minimum absolute atomic E-state index is 0.0868. The lowest BCUT2D eigenvalue weighted by Crippen LogP contribution is -2.50. The molecule has 0 N–H and O–H groups in total. The molecule has 0 unspecified atom stereocenters. The van der Waals surface area contributed by atoms with Crippen molar-refractivity contribution in [1.82, 2.24) is 9.21 Å². The van der Waals surface area contributed by atoms with Gasteiger partial charge in [0.05, 0.1) is 14.2 Å². The Morgan fingerprint density at radius 3 is 2.07 bits per heavy atom. The van der Waals surface area contributed by atoms with Gasteiger partial charge in [0, 0.05) is 37.8 Å². The van der Waals surface area contributed by atoms with Crippen LogP contribution in [0.2, 0.25) is 0 Å². The average molecular weight is 408 g/mol. The summed E-state index contributed by atoms with van der Waals surface area (Å²) in [6.07, 6.45) is 0. The van der Waals surface area contributed by atoms with E-state index in [9.17, 15) is 17.6 Å². The number of ether oxygens (including phenoxy) is 2. The smallest absolute Gasteiger partial charge is 0.254 e. The van der Waals surface area contributed by atoms with Crippen LogP contribution in [0, 0.1) is 5.82 Å². The van der Waals surface area contributed by atoms with Crippen molar-refractivity contribution in [3.8, 4) is 11.5 Å². The molecule has 28 heavy (non-hydrogen) atoms. The molecule has 2 aromatic carbocycles. The Kier molecular flexibility index (Phi) is 5.85. The second-order valence-corrected chi connectivity index (χ2v) is 8.13. The second-order valence-electron chi connectivity index (χ2n) is 6.23. The zero-order valence-corrected chi connectivity index (χ0v) is 16.4. The highest BCUT2D eigenvalue weighted by molar-refractivity contribution is 7.89. The van der Waals surface area contributed by atoms with Gasteiger partial charge in [-0.2, -0.15) is 4.31 Å². The van der Waals surface area contributed by atoms with Gasteiger partial charge in [-0.05, 0) is 24.3 Å². The van der Waals surface area contributed by atoms with E-state index in [4.69, 9.17) is 9.47 Å². The maximum atomic E-state index is 13.9. The van der Waals surface area contributed by atoms with Crippen LogP contribution >= 0.6 is 0 Å². The van der Waals surface area contributed by atoms with E-state index in [0.717, 1.165) is 6.07 Å². The van der Waals surface area contributed by atoms with Gasteiger partial charge in [-0.3, -0.25) is 4.79 Å². The van der Waals surface area contributed by atoms with E-state index in [1.54, 1.807) is 23.1 Å². The third-order valence-electron chi connectivity index (χ3n) is 4.58. The fourth-order valence-electron chi connectivity index (χ4n) is 3.04. The Labute approximate surface area is 163 Å². The Hall–Kier alpha value is -2.65. The Balaban J connectivity index is 1.73. The molecule has 150 valence electrons. The molecule has 0 aromatic heterocycles. The number of carbonyl (C=O) groups is 1. The van der Waals surface area contributed by atoms with Crippen molar-refractivity contribution in [2.24, 2.45) is 0 Å². The maximum Gasteiger partial charge on any atom is 0.254 e. The van der Waals surface area contributed by atoms with Crippen LogP contribution in [0.5, 0.6) is 11.5 Å². The van der Waals surface area contributed by atoms with Gasteiger partial charge in [0.2, 0.25) is 10.0 Å². The third-order valence-corrected chi connectivity index (χ3v) is 6.51. The van der Waals surface area contributed by atoms with Crippen molar-refractivity contribution < 1.29 is 27.1 Å². The van der Waals surface area contributed by atoms with Gasteiger partial charge in [0.1, 0.15) is 22.2 Å². The molecule has 1 amide bonds. The molecule has 0 saturated carbocycles. The van der Waals surface area contributed by atoms with Crippen molar-refractivity contribution in [1.29, 1.82) is 0 Å². The number of nitrogens with zero attached hydrogens (tertiary/aromatic N) is 2. The topological polar surface area (TPSA) is 76.2 Å². The molecule has 9 heteroatoms. The van der Waals surface area contributed by atoms with E-state index < -0.39 is 15.8 Å². The number of halogens is 1. The number of carbonyl (C=O) groups excluding carboxylic acids is 1. The number of benzene rings is 2. The van der Waals surface area contributed by atoms with Crippen molar-refractivity contribution in [3.05, 3.63) is 53.8 Å². The predicted molar refractivity (Wildman–Crippen MR) is 101 cm³/mol. The normalized spacial score (nSPS) is 15.3. The Bertz CT molecular complexity index is 950. The van der Waals surface area contributed by atoms with Crippen LogP contribution in [0.4, 0.5) is 4.39 Å². The molecule has 0 bridgehead atoms. The summed E-state index contributed by atoms with van der Waals surface area (Å²) in [7, 11) is -0.957. The summed E-state index contributed by atoms with van der Waals surface area (Å²) in [5, 5.41) is 0. The lowest BCUT2D eigenvalue weighted by molar-refractivity contribution is 0.0697. The van der Waals surface area contributed by atoms with Crippen molar-refractivity contribution in [2.75, 3.05) is 40.4 Å². The summed E-state index contributed by atoms with van der Waals surface area (Å²) < 4.78 is 50.8. The largest absolute Gasteiger partial charge is 0.497 e. The lowest BCUT2D eigenvalue weighted by atomic mass is 10.1. The first-order valence-electron chi connectivity index (χ1n) is 8.64. The molecule has 1 aliphatic heterocycles. The van der Waals surface area contributed by atoms with Gasteiger partial charge in [0.15, 0.2) is 0 Å². The number of amides is 1. The number of hydrogen-bond acceptors (Lipinski definition) is 5. The molecule has 0 spiro atoms. The first-order valence-corrected chi connectivity index (χ1v) is 10.1. The van der Waals surface area contributed by atoms with Crippen molar-refractivity contribution >= 4 is 15.9 Å². The number of sulfonamides is 1. The summed E-state index contributed by atoms with van der Waals surface area (Å²) in [5.74, 6) is -0.0587. The van der Waals surface area contributed by atoms with Gasteiger partial charge in [-0.1, -0.05) is 12.1 Å². The molecule has 0 radical (unpaired) electrons. The highest BCUT2D eigenvalue weighted by Crippen LogP contribution is 2.25. The summed E-state index contributed by atoms with van der Waals surface area (Å²) in [6, 6.07) is 10.1. The van der Waals surface area contributed by atoms with E-state index in [-0.39, 0.29) is 37.0 Å². The standard InChI is InChI=1S/C19H21FN2O5S/c1-26-15-11-14(12-16(13-15)27-2)19(23)21-7-9-22(10-8-21)28(24,25)18-6-4-3-5-17(18)20/h3-6,11-13H,7-10H2,1-2H3. The van der Waals surface area contributed by atoms with Crippen LogP contribution in [0.3, 0.4) is 0 Å². The summed E-state index contributed by atoms with van der Waals surface area (Å²) in [4.78, 5) is 14.0. The van der Waals surface area contributed by atoms with Gasteiger partial charge >= 0.3 is 0 Å². The fourth-order valence-corrected chi connectivity index (χ4v) is 4.53. The Morgan fingerprint density at radius 2 is 1.54 bits per heavy atom. The maximum absolute atomic E-state index is 13.9. The van der Waals surface area contributed by atoms with E-state index in [1.807, 2.05) is 0 Å². The van der Waals surface area contributed by atoms with Gasteiger partial charge in [-0.25, -0.2) is 12.8 Å². The quantitative estimate of drug-likeness (QED) is 0.756. The van der Waals surface area contributed by atoms with E-state index in [2.05, 4.69) is 0 Å². The van der Waals surface area contributed by atoms with Crippen LogP contribution in [0.15, 0.2) is 47.4 Å². The van der Waals surface area contributed by atoms with Crippen LogP contribution in [0.1, 0.15) is 10.4 Å². The Morgan fingerprint density at radius 1 is 0.964 bits per heavy atom. The predicted octanol–water partition coefficient (Wildman–Crippen LogP) is 1.99. The molecule has 1 heterocycles. The van der Waals surface area contributed by atoms with Gasteiger partial charge in [0.25, 0.3) is 5.91 Å². The number of piperazine rings is 1. The molecule has 7 nitrogen and oxygen atoms in total. The van der Waals surface area contributed by atoms with Gasteiger partial charge < -0.3 is 14.4 Å². The SMILES string of the molecule is COc1cc(OC)cc(C(=O)N2CCN(S(=O)(=O)c3ccccc3F)CC2)c1. The second kappa shape index (κ2) is 8.15. The van der Waals surface area contributed by atoms with Crippen LogP contribution in [-0.2, 0) is 10.0 Å². The summed E-state index contributed by atoms with van der Waals surface area (Å²) in [6.45, 7) is 0.575. The highest BCUT2D eigenvalue weighted by Gasteiger charge is 2.32. The average Bonchev–Trinajstić information content (AvgIpc) is 2.73. The van der Waals surface area contributed by atoms with Crippen LogP contribution in [-0.4, -0.2) is 63.9 Å². The summed E-state index contributed by atoms with van der Waals surface area (Å²) >= 11 is 0. The van der Waals surface area contributed by atoms with Crippen LogP contribution in [0.25, 0.3) is 0 Å². The van der Waals surface area contributed by atoms with E-state index in [0.29, 0.717) is 17.1 Å². The minimum atomic E-state index is -3.95. The molecule has 2 aromatic rings. The van der Waals surface area contributed by atoms with Crippen LogP contribution < -0.4 is 9.47 Å². The first-order chi connectivity index (χ1) is 13.4. The molecule has 1 aliphatic rings. The zero-order valence-electron chi connectivity index (χ0n) is 15.6. The minimum Gasteiger partial charge on any atom is -0.497 e. The first kappa shape index (κ1) is 20.1. The molecule has 0 atom stereocenters. The summed E-state index contributed by atoms with van der Waals surface area (Å²) in [5.41, 5.74) is 0.390. The zero-order chi connectivity index (χ0) is 20.3. The van der Waals surface area contributed by atoms with E-state index >= 15 is 0 Å². The monoisotopic (exact) mass is 408 g/mol. The van der Waals surface area contributed by atoms with Crippen molar-refractivity contribution in [3.63, 3.8) is 0 Å². The molecule has 1 saturated heterocycles. The number of rotatable bonds is 5. The van der Waals surface area contributed by atoms with E-state index in [1.165, 1.54) is 36.7 Å². The lowest BCUT2D eigenvalue weighted by Gasteiger charge is -2.34. The van der Waals surface area contributed by atoms with Crippen molar-refractivity contribution in [2.45, 2.75) is 4.90 Å². The van der Waals surface area contributed by atoms with Gasteiger partial charge in [-0.15, -0.1) is 0 Å². The highest BCUT2D eigenvalue weighted by atomic mass is 32.2. The molecule has 3 rings (SSSR count). The molecular weight excluding hydrogens is 387 g/mol. The molecule has 0 aliphatic carbocycles. The fraction of sp³-hybridized carbons (Fsp3) is 0.316.